The minimum absolute atomic E-state index is 0.00216. The van der Waals surface area contributed by atoms with Crippen molar-refractivity contribution in [1.82, 2.24) is 14.8 Å². The standard InChI is InChI=1S/C36H37N3O7/c1-36(2,3)46-35(44)39-20-22(23-11-8-9-16-30(23)39)19-29(32(40)38-18-10-17-31(38)33(41)42)37-34(43)45-21-28-26-14-6-4-12-24(26)25-13-5-7-15-27(25)28/h4-9,11-16,20,28-29,31H,10,17-19,21H2,1-3H3,(H,37,43)(H,41,42)/t29-,31+/m1/s1. The molecular weight excluding hydrogens is 586 g/mol. The number of para-hydroxylation sites is 1. The van der Waals surface area contributed by atoms with Gasteiger partial charge in [0.2, 0.25) is 5.91 Å². The van der Waals surface area contributed by atoms with Crippen LogP contribution in [0.25, 0.3) is 22.0 Å². The molecule has 0 bridgehead atoms. The highest BCUT2D eigenvalue weighted by molar-refractivity contribution is 5.94. The third-order valence-electron chi connectivity index (χ3n) is 8.56. The molecule has 2 amide bonds. The molecule has 10 heteroatoms. The van der Waals surface area contributed by atoms with Crippen molar-refractivity contribution in [2.75, 3.05) is 13.2 Å². The number of fused-ring (bicyclic) bond motifs is 4. The van der Waals surface area contributed by atoms with E-state index in [0.29, 0.717) is 29.3 Å². The first-order valence-corrected chi connectivity index (χ1v) is 15.5. The molecule has 1 saturated heterocycles. The molecule has 1 fully saturated rings. The number of carbonyl (C=O) groups excluding carboxylic acids is 3. The number of ether oxygens (including phenoxy) is 2. The van der Waals surface area contributed by atoms with Gasteiger partial charge < -0.3 is 24.8 Å². The predicted molar refractivity (Wildman–Crippen MR) is 172 cm³/mol. The largest absolute Gasteiger partial charge is 0.480 e. The number of hydrogen-bond acceptors (Lipinski definition) is 6. The zero-order valence-electron chi connectivity index (χ0n) is 26.1. The molecular formula is C36H37N3O7. The van der Waals surface area contributed by atoms with Gasteiger partial charge in [0.1, 0.15) is 24.3 Å². The number of likely N-dealkylation sites (tertiary alicyclic amines) is 1. The monoisotopic (exact) mass is 623 g/mol. The van der Waals surface area contributed by atoms with Crippen LogP contribution >= 0.6 is 0 Å². The molecule has 6 rings (SSSR count). The second-order valence-electron chi connectivity index (χ2n) is 12.8. The molecule has 2 atom stereocenters. The van der Waals surface area contributed by atoms with Crippen molar-refractivity contribution in [3.63, 3.8) is 0 Å². The summed E-state index contributed by atoms with van der Waals surface area (Å²) >= 11 is 0. The fraction of sp³-hybridized carbons (Fsp3) is 0.333. The first-order valence-electron chi connectivity index (χ1n) is 15.5. The molecule has 1 aliphatic carbocycles. The van der Waals surface area contributed by atoms with Gasteiger partial charge in [0.25, 0.3) is 0 Å². The maximum absolute atomic E-state index is 13.9. The Balaban J connectivity index is 1.27. The minimum atomic E-state index is -1.14. The van der Waals surface area contributed by atoms with Crippen molar-refractivity contribution >= 4 is 35.0 Å². The van der Waals surface area contributed by atoms with Crippen molar-refractivity contribution in [3.05, 3.63) is 95.7 Å². The molecule has 238 valence electrons. The van der Waals surface area contributed by atoms with E-state index < -0.39 is 41.7 Å². The first kappa shape index (κ1) is 30.9. The third kappa shape index (κ3) is 6.07. The Morgan fingerprint density at radius 2 is 1.57 bits per heavy atom. The number of aliphatic carboxylic acids is 1. The SMILES string of the molecule is CC(C)(C)OC(=O)n1cc(C[C@@H](NC(=O)OCC2c3ccccc3-c3ccccc32)C(=O)N2CCC[C@H]2C(=O)O)c2ccccc21. The second-order valence-corrected chi connectivity index (χ2v) is 12.8. The lowest BCUT2D eigenvalue weighted by Crippen LogP contribution is -2.52. The highest BCUT2D eigenvalue weighted by Crippen LogP contribution is 2.44. The molecule has 0 saturated carbocycles. The van der Waals surface area contributed by atoms with Gasteiger partial charge in [-0.2, -0.15) is 0 Å². The number of amides is 2. The number of nitrogens with one attached hydrogen (secondary N) is 1. The van der Waals surface area contributed by atoms with E-state index in [4.69, 9.17) is 9.47 Å². The Morgan fingerprint density at radius 1 is 0.935 bits per heavy atom. The summed E-state index contributed by atoms with van der Waals surface area (Å²) in [4.78, 5) is 53.7. The molecule has 4 aromatic rings. The van der Waals surface area contributed by atoms with Crippen LogP contribution in [0.1, 0.15) is 56.2 Å². The van der Waals surface area contributed by atoms with Gasteiger partial charge in [-0.25, -0.2) is 14.4 Å². The number of benzene rings is 3. The van der Waals surface area contributed by atoms with Crippen LogP contribution < -0.4 is 5.32 Å². The van der Waals surface area contributed by atoms with Gasteiger partial charge in [0, 0.05) is 30.5 Å². The maximum Gasteiger partial charge on any atom is 0.419 e. The minimum Gasteiger partial charge on any atom is -0.480 e. The molecule has 3 aromatic carbocycles. The number of hydrogen-bond donors (Lipinski definition) is 2. The number of carbonyl (C=O) groups is 4. The van der Waals surface area contributed by atoms with Crippen molar-refractivity contribution in [1.29, 1.82) is 0 Å². The van der Waals surface area contributed by atoms with Crippen LogP contribution in [0.5, 0.6) is 0 Å². The summed E-state index contributed by atoms with van der Waals surface area (Å²) in [5.41, 5.74) is 4.77. The Morgan fingerprint density at radius 3 is 2.22 bits per heavy atom. The third-order valence-corrected chi connectivity index (χ3v) is 8.56. The summed E-state index contributed by atoms with van der Waals surface area (Å²) in [5.74, 6) is -1.78. The Bertz CT molecular complexity index is 1780. The van der Waals surface area contributed by atoms with Gasteiger partial charge in [-0.15, -0.1) is 0 Å². The lowest BCUT2D eigenvalue weighted by Gasteiger charge is -2.27. The number of rotatable bonds is 7. The van der Waals surface area contributed by atoms with E-state index >= 15 is 0 Å². The van der Waals surface area contributed by atoms with Crippen LogP contribution in [-0.2, 0) is 25.5 Å². The van der Waals surface area contributed by atoms with Gasteiger partial charge >= 0.3 is 18.2 Å². The summed E-state index contributed by atoms with van der Waals surface area (Å²) < 4.78 is 12.8. The molecule has 1 aromatic heterocycles. The number of carboxylic acids is 1. The van der Waals surface area contributed by atoms with Gasteiger partial charge in [-0.3, -0.25) is 9.36 Å². The van der Waals surface area contributed by atoms with Crippen molar-refractivity contribution in [2.24, 2.45) is 0 Å². The zero-order valence-corrected chi connectivity index (χ0v) is 26.1. The molecule has 1 aliphatic heterocycles. The molecule has 2 aliphatic rings. The molecule has 10 nitrogen and oxygen atoms in total. The lowest BCUT2D eigenvalue weighted by molar-refractivity contribution is -0.148. The summed E-state index contributed by atoms with van der Waals surface area (Å²) in [6.45, 7) is 5.65. The molecule has 2 N–H and O–H groups in total. The van der Waals surface area contributed by atoms with Crippen LogP contribution in [0, 0.1) is 0 Å². The summed E-state index contributed by atoms with van der Waals surface area (Å²) in [6.07, 6.45) is 1.11. The summed E-state index contributed by atoms with van der Waals surface area (Å²) in [6, 6.07) is 21.1. The molecule has 46 heavy (non-hydrogen) atoms. The van der Waals surface area contributed by atoms with E-state index in [9.17, 15) is 24.3 Å². The zero-order chi connectivity index (χ0) is 32.6. The fourth-order valence-electron chi connectivity index (χ4n) is 6.56. The lowest BCUT2D eigenvalue weighted by atomic mass is 9.98. The van der Waals surface area contributed by atoms with E-state index in [1.54, 1.807) is 39.1 Å². The van der Waals surface area contributed by atoms with Crippen molar-refractivity contribution in [3.8, 4) is 11.1 Å². The Labute approximate surface area is 266 Å². The van der Waals surface area contributed by atoms with Gasteiger partial charge in [0.05, 0.1) is 5.52 Å². The van der Waals surface area contributed by atoms with E-state index in [0.717, 1.165) is 22.3 Å². The predicted octanol–water partition coefficient (Wildman–Crippen LogP) is 5.95. The molecule has 0 radical (unpaired) electrons. The number of carboxylic acid groups (broad SMARTS) is 1. The molecule has 0 unspecified atom stereocenters. The van der Waals surface area contributed by atoms with E-state index in [1.165, 1.54) is 9.47 Å². The van der Waals surface area contributed by atoms with Gasteiger partial charge in [0.15, 0.2) is 0 Å². The van der Waals surface area contributed by atoms with Crippen molar-refractivity contribution in [2.45, 2.75) is 63.6 Å². The second kappa shape index (κ2) is 12.3. The average molecular weight is 624 g/mol. The van der Waals surface area contributed by atoms with Crippen LogP contribution in [0.2, 0.25) is 0 Å². The van der Waals surface area contributed by atoms with E-state index in [2.05, 4.69) is 5.32 Å². The van der Waals surface area contributed by atoms with Crippen LogP contribution in [0.4, 0.5) is 9.59 Å². The number of nitrogens with zero attached hydrogens (tertiary/aromatic N) is 2. The van der Waals surface area contributed by atoms with Crippen LogP contribution in [-0.4, -0.2) is 69.5 Å². The number of aromatic nitrogens is 1. The highest BCUT2D eigenvalue weighted by Gasteiger charge is 2.38. The summed E-state index contributed by atoms with van der Waals surface area (Å²) in [7, 11) is 0. The van der Waals surface area contributed by atoms with Crippen LogP contribution in [0.15, 0.2) is 79.0 Å². The maximum atomic E-state index is 13.9. The first-order chi connectivity index (χ1) is 22.0. The molecule has 2 heterocycles. The smallest absolute Gasteiger partial charge is 0.419 e. The number of alkyl carbamates (subject to hydrolysis) is 1. The van der Waals surface area contributed by atoms with Crippen molar-refractivity contribution < 1.29 is 33.8 Å². The topological polar surface area (TPSA) is 127 Å². The summed E-state index contributed by atoms with van der Waals surface area (Å²) in [5, 5.41) is 13.2. The van der Waals surface area contributed by atoms with E-state index in [1.807, 2.05) is 60.7 Å². The van der Waals surface area contributed by atoms with Gasteiger partial charge in [-0.1, -0.05) is 66.7 Å². The van der Waals surface area contributed by atoms with Gasteiger partial charge in [-0.05, 0) is 67.5 Å². The quantitative estimate of drug-likeness (QED) is 0.261. The highest BCUT2D eigenvalue weighted by atomic mass is 16.6. The molecule has 0 spiro atoms. The normalized spacial score (nSPS) is 16.5. The average Bonchev–Trinajstić information content (AvgIpc) is 3.74. The fourth-order valence-corrected chi connectivity index (χ4v) is 6.56. The van der Waals surface area contributed by atoms with Crippen LogP contribution in [0.3, 0.4) is 0 Å². The van der Waals surface area contributed by atoms with E-state index in [-0.39, 0.29) is 25.5 Å². The Hall–Kier alpha value is -5.12. The Kier molecular flexibility index (Phi) is 8.29.